The summed E-state index contributed by atoms with van der Waals surface area (Å²) >= 11 is 0. The van der Waals surface area contributed by atoms with Gasteiger partial charge in [0.2, 0.25) is 5.91 Å². The zero-order chi connectivity index (χ0) is 11.4. The van der Waals surface area contributed by atoms with Crippen LogP contribution in [-0.2, 0) is 11.3 Å². The first-order valence-corrected chi connectivity index (χ1v) is 5.53. The van der Waals surface area contributed by atoms with E-state index in [1.54, 1.807) is 4.90 Å². The molecule has 1 aliphatic heterocycles. The Bertz CT molecular complexity index is 353. The van der Waals surface area contributed by atoms with Crippen molar-refractivity contribution in [2.75, 3.05) is 26.3 Å². The Kier molecular flexibility index (Phi) is 3.54. The topological polar surface area (TPSA) is 49.6 Å². The average Bonchev–Trinajstić information content (AvgIpc) is 2.31. The predicted octanol–water partition coefficient (Wildman–Crippen LogP) is 0.247. The number of piperazine rings is 1. The van der Waals surface area contributed by atoms with E-state index in [9.17, 15) is 4.79 Å². The maximum Gasteiger partial charge on any atom is 0.237 e. The molecule has 4 nitrogen and oxygen atoms in total. The Morgan fingerprint density at radius 2 is 1.94 bits per heavy atom. The van der Waals surface area contributed by atoms with E-state index in [1.807, 2.05) is 18.2 Å². The van der Waals surface area contributed by atoms with Crippen LogP contribution in [0.3, 0.4) is 0 Å². The molecule has 1 aromatic carbocycles. The van der Waals surface area contributed by atoms with Crippen LogP contribution >= 0.6 is 0 Å². The second-order valence-corrected chi connectivity index (χ2v) is 4.04. The lowest BCUT2D eigenvalue weighted by atomic mass is 10.2. The molecule has 0 atom stereocenters. The normalized spacial score (nSPS) is 17.8. The molecule has 0 aliphatic carbocycles. The molecule has 0 aromatic heterocycles. The first kappa shape index (κ1) is 11.1. The second-order valence-electron chi connectivity index (χ2n) is 4.04. The van der Waals surface area contributed by atoms with E-state index in [0.717, 1.165) is 19.6 Å². The summed E-state index contributed by atoms with van der Waals surface area (Å²) in [6, 6.07) is 10.2. The van der Waals surface area contributed by atoms with Crippen molar-refractivity contribution in [3.05, 3.63) is 35.9 Å². The monoisotopic (exact) mass is 219 g/mol. The molecule has 1 saturated heterocycles. The van der Waals surface area contributed by atoms with Gasteiger partial charge < -0.3 is 10.6 Å². The first-order chi connectivity index (χ1) is 7.79. The molecule has 16 heavy (non-hydrogen) atoms. The standard InChI is InChI=1S/C12H17N3O/c13-10-15-7-6-14(9-12(15)16)8-11-4-2-1-3-5-11/h1-5H,6-10,13H2. The lowest BCUT2D eigenvalue weighted by Crippen LogP contribution is -2.51. The number of benzene rings is 1. The third-order valence-corrected chi connectivity index (χ3v) is 2.87. The Hall–Kier alpha value is -1.39. The van der Waals surface area contributed by atoms with Crippen LogP contribution in [0.2, 0.25) is 0 Å². The van der Waals surface area contributed by atoms with E-state index in [4.69, 9.17) is 5.73 Å². The highest BCUT2D eigenvalue weighted by Crippen LogP contribution is 2.08. The van der Waals surface area contributed by atoms with E-state index in [2.05, 4.69) is 17.0 Å². The fraction of sp³-hybridized carbons (Fsp3) is 0.417. The molecule has 2 rings (SSSR count). The molecule has 1 fully saturated rings. The Morgan fingerprint density at radius 3 is 2.56 bits per heavy atom. The number of hydrogen-bond donors (Lipinski definition) is 1. The van der Waals surface area contributed by atoms with Gasteiger partial charge in [-0.1, -0.05) is 30.3 Å². The summed E-state index contributed by atoms with van der Waals surface area (Å²) in [6.07, 6.45) is 0. The van der Waals surface area contributed by atoms with Gasteiger partial charge in [0, 0.05) is 19.6 Å². The average molecular weight is 219 g/mol. The summed E-state index contributed by atoms with van der Waals surface area (Å²) in [5, 5.41) is 0. The van der Waals surface area contributed by atoms with Gasteiger partial charge in [-0.2, -0.15) is 0 Å². The summed E-state index contributed by atoms with van der Waals surface area (Å²) in [4.78, 5) is 15.5. The minimum Gasteiger partial charge on any atom is -0.328 e. The molecule has 0 unspecified atom stereocenters. The molecule has 1 aromatic rings. The van der Waals surface area contributed by atoms with E-state index >= 15 is 0 Å². The SMILES string of the molecule is NCN1CCN(Cc2ccccc2)CC1=O. The summed E-state index contributed by atoms with van der Waals surface area (Å²) in [5.74, 6) is 0.129. The summed E-state index contributed by atoms with van der Waals surface area (Å²) in [7, 11) is 0. The molecule has 0 spiro atoms. The van der Waals surface area contributed by atoms with E-state index in [1.165, 1.54) is 5.56 Å². The van der Waals surface area contributed by atoms with Crippen molar-refractivity contribution in [3.8, 4) is 0 Å². The minimum absolute atomic E-state index is 0.129. The smallest absolute Gasteiger partial charge is 0.237 e. The van der Waals surface area contributed by atoms with Crippen molar-refractivity contribution in [1.82, 2.24) is 9.80 Å². The molecule has 86 valence electrons. The minimum atomic E-state index is 0.129. The highest BCUT2D eigenvalue weighted by molar-refractivity contribution is 5.78. The fourth-order valence-electron chi connectivity index (χ4n) is 1.93. The number of carbonyl (C=O) groups is 1. The van der Waals surface area contributed by atoms with Gasteiger partial charge in [-0.15, -0.1) is 0 Å². The third kappa shape index (κ3) is 2.59. The largest absolute Gasteiger partial charge is 0.328 e. The number of carbonyl (C=O) groups excluding carboxylic acids is 1. The highest BCUT2D eigenvalue weighted by Gasteiger charge is 2.22. The fourth-order valence-corrected chi connectivity index (χ4v) is 1.93. The molecule has 1 aliphatic rings. The first-order valence-electron chi connectivity index (χ1n) is 5.53. The Balaban J connectivity index is 1.91. The van der Waals surface area contributed by atoms with Crippen LogP contribution in [0.5, 0.6) is 0 Å². The van der Waals surface area contributed by atoms with E-state index in [-0.39, 0.29) is 5.91 Å². The van der Waals surface area contributed by atoms with Crippen LogP contribution in [-0.4, -0.2) is 42.0 Å². The van der Waals surface area contributed by atoms with Gasteiger partial charge in [-0.3, -0.25) is 9.69 Å². The van der Waals surface area contributed by atoms with Crippen molar-refractivity contribution in [2.45, 2.75) is 6.54 Å². The van der Waals surface area contributed by atoms with Crippen LogP contribution in [0.1, 0.15) is 5.56 Å². The van der Waals surface area contributed by atoms with Crippen LogP contribution in [0.15, 0.2) is 30.3 Å². The zero-order valence-corrected chi connectivity index (χ0v) is 9.30. The molecule has 0 bridgehead atoms. The predicted molar refractivity (Wildman–Crippen MR) is 62.5 cm³/mol. The van der Waals surface area contributed by atoms with Gasteiger partial charge in [0.15, 0.2) is 0 Å². The summed E-state index contributed by atoms with van der Waals surface area (Å²) < 4.78 is 0. The third-order valence-electron chi connectivity index (χ3n) is 2.87. The molecule has 1 amide bonds. The lowest BCUT2D eigenvalue weighted by Gasteiger charge is -2.33. The lowest BCUT2D eigenvalue weighted by molar-refractivity contribution is -0.136. The Morgan fingerprint density at radius 1 is 1.19 bits per heavy atom. The second kappa shape index (κ2) is 5.09. The molecule has 4 heteroatoms. The molecule has 0 radical (unpaired) electrons. The van der Waals surface area contributed by atoms with Crippen molar-refractivity contribution >= 4 is 5.91 Å². The molecule has 2 N–H and O–H groups in total. The van der Waals surface area contributed by atoms with Crippen LogP contribution in [0.25, 0.3) is 0 Å². The van der Waals surface area contributed by atoms with E-state index < -0.39 is 0 Å². The van der Waals surface area contributed by atoms with Gasteiger partial charge in [0.25, 0.3) is 0 Å². The van der Waals surface area contributed by atoms with Crippen molar-refractivity contribution in [3.63, 3.8) is 0 Å². The number of amides is 1. The van der Waals surface area contributed by atoms with Crippen LogP contribution in [0, 0.1) is 0 Å². The van der Waals surface area contributed by atoms with E-state index in [0.29, 0.717) is 13.2 Å². The van der Waals surface area contributed by atoms with Crippen LogP contribution < -0.4 is 5.73 Å². The van der Waals surface area contributed by atoms with Crippen molar-refractivity contribution in [2.24, 2.45) is 5.73 Å². The number of nitrogens with zero attached hydrogens (tertiary/aromatic N) is 2. The van der Waals surface area contributed by atoms with Crippen molar-refractivity contribution < 1.29 is 4.79 Å². The molecule has 1 heterocycles. The molecular weight excluding hydrogens is 202 g/mol. The van der Waals surface area contributed by atoms with Gasteiger partial charge in [0.1, 0.15) is 0 Å². The Labute approximate surface area is 95.6 Å². The number of rotatable bonds is 3. The van der Waals surface area contributed by atoms with Crippen molar-refractivity contribution in [1.29, 1.82) is 0 Å². The maximum absolute atomic E-state index is 11.6. The summed E-state index contributed by atoms with van der Waals surface area (Å²) in [6.45, 7) is 3.29. The quantitative estimate of drug-likeness (QED) is 0.792. The summed E-state index contributed by atoms with van der Waals surface area (Å²) in [5.41, 5.74) is 6.73. The molecular formula is C12H17N3O. The van der Waals surface area contributed by atoms with Gasteiger partial charge in [-0.05, 0) is 5.56 Å². The molecule has 0 saturated carbocycles. The van der Waals surface area contributed by atoms with Gasteiger partial charge in [0.05, 0.1) is 13.2 Å². The maximum atomic E-state index is 11.6. The zero-order valence-electron chi connectivity index (χ0n) is 9.30. The highest BCUT2D eigenvalue weighted by atomic mass is 16.2. The van der Waals surface area contributed by atoms with Gasteiger partial charge in [-0.25, -0.2) is 0 Å². The number of nitrogens with two attached hydrogens (primary N) is 1. The van der Waals surface area contributed by atoms with Crippen LogP contribution in [0.4, 0.5) is 0 Å². The number of hydrogen-bond acceptors (Lipinski definition) is 3. The van der Waals surface area contributed by atoms with Gasteiger partial charge >= 0.3 is 0 Å².